The minimum atomic E-state index is -1.07. The van der Waals surface area contributed by atoms with Gasteiger partial charge in [-0.3, -0.25) is 4.79 Å². The Balaban J connectivity index is 1.68. The van der Waals surface area contributed by atoms with Gasteiger partial charge in [-0.25, -0.2) is 13.2 Å². The highest BCUT2D eigenvalue weighted by atomic mass is 19.2. The highest BCUT2D eigenvalue weighted by molar-refractivity contribution is 5.91. The minimum Gasteiger partial charge on any atom is -0.338 e. The maximum Gasteiger partial charge on any atom is 0.236 e. The van der Waals surface area contributed by atoms with Crippen molar-refractivity contribution in [2.45, 2.75) is 6.42 Å². The first kappa shape index (κ1) is 15.7. The van der Waals surface area contributed by atoms with Crippen molar-refractivity contribution in [1.82, 2.24) is 10.1 Å². The van der Waals surface area contributed by atoms with E-state index in [1.807, 2.05) is 0 Å². The molecule has 0 unspecified atom stereocenters. The summed E-state index contributed by atoms with van der Waals surface area (Å²) in [6.07, 6.45) is -0.263. The molecule has 3 aromatic rings. The van der Waals surface area contributed by atoms with Gasteiger partial charge in [-0.2, -0.15) is 4.98 Å². The molecule has 1 aromatic heterocycles. The third-order valence-electron chi connectivity index (χ3n) is 3.07. The topological polar surface area (TPSA) is 68.0 Å². The van der Waals surface area contributed by atoms with Crippen molar-refractivity contribution in [3.63, 3.8) is 0 Å². The molecule has 0 saturated heterocycles. The molecule has 0 bridgehead atoms. The van der Waals surface area contributed by atoms with Gasteiger partial charge in [-0.15, -0.1) is 0 Å². The van der Waals surface area contributed by atoms with Crippen LogP contribution in [-0.4, -0.2) is 16.0 Å². The molecule has 1 N–H and O–H groups in total. The van der Waals surface area contributed by atoms with E-state index in [9.17, 15) is 18.0 Å². The third kappa shape index (κ3) is 3.60. The Morgan fingerprint density at radius 2 is 1.92 bits per heavy atom. The SMILES string of the molecule is O=C(Cc1nc(-c2cccc(F)c2)no1)Nc1ccc(F)c(F)c1. The van der Waals surface area contributed by atoms with Crippen LogP contribution in [0.25, 0.3) is 11.4 Å². The van der Waals surface area contributed by atoms with Crippen molar-refractivity contribution in [3.8, 4) is 11.4 Å². The van der Waals surface area contributed by atoms with E-state index < -0.39 is 23.4 Å². The number of nitrogens with zero attached hydrogens (tertiary/aromatic N) is 2. The fourth-order valence-electron chi connectivity index (χ4n) is 1.99. The van der Waals surface area contributed by atoms with E-state index >= 15 is 0 Å². The number of carbonyl (C=O) groups excluding carboxylic acids is 1. The molecule has 8 heteroatoms. The monoisotopic (exact) mass is 333 g/mol. The Morgan fingerprint density at radius 1 is 1.08 bits per heavy atom. The van der Waals surface area contributed by atoms with E-state index in [1.54, 1.807) is 6.07 Å². The smallest absolute Gasteiger partial charge is 0.236 e. The van der Waals surface area contributed by atoms with E-state index in [2.05, 4.69) is 15.5 Å². The van der Waals surface area contributed by atoms with Gasteiger partial charge in [0.25, 0.3) is 0 Å². The molecule has 0 aliphatic heterocycles. The lowest BCUT2D eigenvalue weighted by molar-refractivity contribution is -0.115. The standard InChI is InChI=1S/C16H10F3N3O2/c17-10-3-1-2-9(6-10)16-21-15(24-22-16)8-14(23)20-11-4-5-12(18)13(19)7-11/h1-7H,8H2,(H,20,23). The molecule has 0 fully saturated rings. The number of carbonyl (C=O) groups is 1. The first-order valence-corrected chi connectivity index (χ1v) is 6.85. The summed E-state index contributed by atoms with van der Waals surface area (Å²) in [6.45, 7) is 0. The lowest BCUT2D eigenvalue weighted by Crippen LogP contribution is -2.14. The van der Waals surface area contributed by atoms with Crippen molar-refractivity contribution in [1.29, 1.82) is 0 Å². The van der Waals surface area contributed by atoms with Gasteiger partial charge in [0, 0.05) is 17.3 Å². The molecule has 122 valence electrons. The van der Waals surface area contributed by atoms with Gasteiger partial charge in [-0.1, -0.05) is 17.3 Å². The van der Waals surface area contributed by atoms with Gasteiger partial charge >= 0.3 is 0 Å². The number of anilines is 1. The molecule has 1 amide bonds. The lowest BCUT2D eigenvalue weighted by Gasteiger charge is -2.03. The van der Waals surface area contributed by atoms with E-state index in [0.717, 1.165) is 12.1 Å². The Morgan fingerprint density at radius 3 is 2.67 bits per heavy atom. The number of aromatic nitrogens is 2. The number of benzene rings is 2. The zero-order valence-corrected chi connectivity index (χ0v) is 12.1. The Kier molecular flexibility index (Phi) is 4.28. The Bertz CT molecular complexity index is 896. The van der Waals surface area contributed by atoms with Crippen molar-refractivity contribution in [2.24, 2.45) is 0 Å². The number of amides is 1. The molecule has 0 aliphatic rings. The van der Waals surface area contributed by atoms with E-state index in [-0.39, 0.29) is 23.8 Å². The predicted molar refractivity (Wildman–Crippen MR) is 78.4 cm³/mol. The summed E-state index contributed by atoms with van der Waals surface area (Å²) in [4.78, 5) is 15.9. The molecule has 0 aliphatic carbocycles. The molecule has 1 heterocycles. The van der Waals surface area contributed by atoms with Crippen LogP contribution in [0.5, 0.6) is 0 Å². The molecule has 2 aromatic carbocycles. The minimum absolute atomic E-state index is 0.00865. The molecular weight excluding hydrogens is 323 g/mol. The van der Waals surface area contributed by atoms with Crippen molar-refractivity contribution < 1.29 is 22.5 Å². The summed E-state index contributed by atoms with van der Waals surface area (Å²) in [5.41, 5.74) is 0.509. The average molecular weight is 333 g/mol. The number of hydrogen-bond donors (Lipinski definition) is 1. The predicted octanol–water partition coefficient (Wildman–Crippen LogP) is 3.34. The summed E-state index contributed by atoms with van der Waals surface area (Å²) in [7, 11) is 0. The number of rotatable bonds is 4. The summed E-state index contributed by atoms with van der Waals surface area (Å²) < 4.78 is 44.0. The molecule has 0 spiro atoms. The van der Waals surface area contributed by atoms with Gasteiger partial charge < -0.3 is 9.84 Å². The second-order valence-corrected chi connectivity index (χ2v) is 4.88. The van der Waals surface area contributed by atoms with Crippen LogP contribution in [0, 0.1) is 17.5 Å². The summed E-state index contributed by atoms with van der Waals surface area (Å²) in [6, 6.07) is 8.59. The third-order valence-corrected chi connectivity index (χ3v) is 3.07. The first-order chi connectivity index (χ1) is 11.5. The van der Waals surface area contributed by atoms with E-state index in [4.69, 9.17) is 4.52 Å². The molecule has 5 nitrogen and oxygen atoms in total. The number of halogens is 3. The summed E-state index contributed by atoms with van der Waals surface area (Å²) in [5.74, 6) is -2.92. The van der Waals surface area contributed by atoms with E-state index in [0.29, 0.717) is 5.56 Å². The van der Waals surface area contributed by atoms with Crippen LogP contribution in [0.15, 0.2) is 47.0 Å². The van der Waals surface area contributed by atoms with Gasteiger partial charge in [0.1, 0.15) is 12.2 Å². The lowest BCUT2D eigenvalue weighted by atomic mass is 10.2. The fraction of sp³-hybridized carbons (Fsp3) is 0.0625. The van der Waals surface area contributed by atoms with Crippen LogP contribution < -0.4 is 5.32 Å². The highest BCUT2D eigenvalue weighted by Crippen LogP contribution is 2.17. The first-order valence-electron chi connectivity index (χ1n) is 6.85. The maximum absolute atomic E-state index is 13.2. The number of hydrogen-bond acceptors (Lipinski definition) is 4. The quantitative estimate of drug-likeness (QED) is 0.795. The summed E-state index contributed by atoms with van der Waals surface area (Å²) >= 11 is 0. The molecule has 0 saturated carbocycles. The molecule has 0 radical (unpaired) electrons. The van der Waals surface area contributed by atoms with Crippen LogP contribution in [0.2, 0.25) is 0 Å². The second kappa shape index (κ2) is 6.53. The fourth-order valence-corrected chi connectivity index (χ4v) is 1.99. The van der Waals surface area contributed by atoms with E-state index in [1.165, 1.54) is 24.3 Å². The van der Waals surface area contributed by atoms with Gasteiger partial charge in [0.15, 0.2) is 11.6 Å². The van der Waals surface area contributed by atoms with Crippen LogP contribution in [-0.2, 0) is 11.2 Å². The Labute approximate surface area is 134 Å². The van der Waals surface area contributed by atoms with Gasteiger partial charge in [-0.05, 0) is 24.3 Å². The normalized spacial score (nSPS) is 10.6. The van der Waals surface area contributed by atoms with Crippen LogP contribution in [0.3, 0.4) is 0 Å². The highest BCUT2D eigenvalue weighted by Gasteiger charge is 2.14. The second-order valence-electron chi connectivity index (χ2n) is 4.88. The average Bonchev–Trinajstić information content (AvgIpc) is 2.99. The zero-order chi connectivity index (χ0) is 17.1. The molecular formula is C16H10F3N3O2. The van der Waals surface area contributed by atoms with Crippen LogP contribution >= 0.6 is 0 Å². The van der Waals surface area contributed by atoms with Crippen LogP contribution in [0.1, 0.15) is 5.89 Å². The molecule has 24 heavy (non-hydrogen) atoms. The molecule has 3 rings (SSSR count). The largest absolute Gasteiger partial charge is 0.338 e. The van der Waals surface area contributed by atoms with Crippen molar-refractivity contribution >= 4 is 11.6 Å². The van der Waals surface area contributed by atoms with Gasteiger partial charge in [0.05, 0.1) is 0 Å². The maximum atomic E-state index is 13.2. The number of nitrogens with one attached hydrogen (secondary N) is 1. The molecule has 0 atom stereocenters. The van der Waals surface area contributed by atoms with Gasteiger partial charge in [0.2, 0.25) is 17.6 Å². The zero-order valence-electron chi connectivity index (χ0n) is 12.1. The van der Waals surface area contributed by atoms with Crippen molar-refractivity contribution in [2.75, 3.05) is 5.32 Å². The Hall–Kier alpha value is -3.16. The summed E-state index contributed by atoms with van der Waals surface area (Å²) in [5, 5.41) is 6.05. The van der Waals surface area contributed by atoms with Crippen molar-refractivity contribution in [3.05, 3.63) is 65.8 Å². The van der Waals surface area contributed by atoms with Crippen LogP contribution in [0.4, 0.5) is 18.9 Å².